The molecule has 0 radical (unpaired) electrons. The summed E-state index contributed by atoms with van der Waals surface area (Å²) in [6, 6.07) is 2.15. The van der Waals surface area contributed by atoms with Gasteiger partial charge in [-0.25, -0.2) is 0 Å². The first kappa shape index (κ1) is 13.3. The molecule has 2 aliphatic rings. The highest BCUT2D eigenvalue weighted by Crippen LogP contribution is 2.20. The normalized spacial score (nSPS) is 33.2. The van der Waals surface area contributed by atoms with Crippen LogP contribution < -0.4 is 5.32 Å². The summed E-state index contributed by atoms with van der Waals surface area (Å²) in [6.07, 6.45) is 5.50. The molecule has 0 saturated carbocycles. The molecule has 2 unspecified atom stereocenters. The van der Waals surface area contributed by atoms with E-state index in [9.17, 15) is 0 Å². The van der Waals surface area contributed by atoms with Gasteiger partial charge in [-0.1, -0.05) is 13.8 Å². The van der Waals surface area contributed by atoms with Crippen LogP contribution in [0.25, 0.3) is 0 Å². The summed E-state index contributed by atoms with van der Waals surface area (Å²) >= 11 is 0. The third-order valence-electron chi connectivity index (χ3n) is 4.14. The van der Waals surface area contributed by atoms with E-state index in [1.807, 2.05) is 0 Å². The Morgan fingerprint density at radius 1 is 1.06 bits per heavy atom. The zero-order valence-electron chi connectivity index (χ0n) is 11.8. The maximum Gasteiger partial charge on any atom is 0.0224 e. The van der Waals surface area contributed by atoms with Crippen molar-refractivity contribution in [3.05, 3.63) is 0 Å². The number of hydrogen-bond acceptors (Lipinski definition) is 3. The standard InChI is InChI=1S/C14H29N3/c1-12(2)15-13-6-4-9-17(10-13)14-7-5-8-16(3)11-14/h12-15H,4-11H2,1-3H3. The van der Waals surface area contributed by atoms with Crippen molar-refractivity contribution in [3.63, 3.8) is 0 Å². The van der Waals surface area contributed by atoms with Gasteiger partial charge in [-0.05, 0) is 45.8 Å². The van der Waals surface area contributed by atoms with Crippen LogP contribution >= 0.6 is 0 Å². The van der Waals surface area contributed by atoms with Gasteiger partial charge in [0.2, 0.25) is 0 Å². The summed E-state index contributed by atoms with van der Waals surface area (Å²) in [7, 11) is 2.26. The highest BCUT2D eigenvalue weighted by molar-refractivity contribution is 4.86. The second-order valence-corrected chi connectivity index (χ2v) is 6.21. The molecule has 0 aliphatic carbocycles. The maximum absolute atomic E-state index is 3.71. The van der Waals surface area contributed by atoms with Crippen LogP contribution in [0.4, 0.5) is 0 Å². The monoisotopic (exact) mass is 239 g/mol. The second kappa shape index (κ2) is 6.17. The molecule has 17 heavy (non-hydrogen) atoms. The molecule has 2 aliphatic heterocycles. The minimum atomic E-state index is 0.619. The van der Waals surface area contributed by atoms with Crippen LogP contribution in [-0.4, -0.2) is 61.2 Å². The maximum atomic E-state index is 3.71. The van der Waals surface area contributed by atoms with E-state index in [1.54, 1.807) is 0 Å². The van der Waals surface area contributed by atoms with Crippen LogP contribution in [0.2, 0.25) is 0 Å². The molecule has 0 aromatic rings. The molecule has 2 saturated heterocycles. The Bertz CT molecular complexity index is 230. The topological polar surface area (TPSA) is 18.5 Å². The molecule has 2 heterocycles. The van der Waals surface area contributed by atoms with Gasteiger partial charge in [-0.2, -0.15) is 0 Å². The molecule has 0 bridgehead atoms. The summed E-state index contributed by atoms with van der Waals surface area (Å²) in [5, 5.41) is 3.71. The number of nitrogens with one attached hydrogen (secondary N) is 1. The number of nitrogens with zero attached hydrogens (tertiary/aromatic N) is 2. The van der Waals surface area contributed by atoms with E-state index in [1.165, 1.54) is 51.9 Å². The lowest BCUT2D eigenvalue weighted by atomic mass is 9.98. The SMILES string of the molecule is CC(C)NC1CCCN(C2CCCN(C)C2)C1. The molecular weight excluding hydrogens is 210 g/mol. The molecule has 3 heteroatoms. The number of likely N-dealkylation sites (tertiary alicyclic amines) is 2. The van der Waals surface area contributed by atoms with Crippen LogP contribution in [0.3, 0.4) is 0 Å². The molecule has 0 aromatic heterocycles. The quantitative estimate of drug-likeness (QED) is 0.806. The second-order valence-electron chi connectivity index (χ2n) is 6.21. The van der Waals surface area contributed by atoms with Crippen molar-refractivity contribution in [3.8, 4) is 0 Å². The van der Waals surface area contributed by atoms with Crippen molar-refractivity contribution in [2.24, 2.45) is 0 Å². The minimum Gasteiger partial charge on any atom is -0.311 e. The predicted octanol–water partition coefficient (Wildman–Crippen LogP) is 1.54. The molecule has 0 aromatic carbocycles. The van der Waals surface area contributed by atoms with Crippen molar-refractivity contribution >= 4 is 0 Å². The Hall–Kier alpha value is -0.120. The van der Waals surface area contributed by atoms with Gasteiger partial charge in [-0.3, -0.25) is 4.90 Å². The van der Waals surface area contributed by atoms with E-state index in [4.69, 9.17) is 0 Å². The van der Waals surface area contributed by atoms with E-state index in [2.05, 4.69) is 36.0 Å². The number of rotatable bonds is 3. The lowest BCUT2D eigenvalue weighted by Crippen LogP contribution is -2.54. The van der Waals surface area contributed by atoms with Gasteiger partial charge in [0.1, 0.15) is 0 Å². The zero-order valence-corrected chi connectivity index (χ0v) is 11.8. The lowest BCUT2D eigenvalue weighted by Gasteiger charge is -2.42. The van der Waals surface area contributed by atoms with E-state index in [0.717, 1.165) is 12.1 Å². The number of piperidine rings is 2. The van der Waals surface area contributed by atoms with Gasteiger partial charge in [0.15, 0.2) is 0 Å². The first-order valence-electron chi connectivity index (χ1n) is 7.34. The van der Waals surface area contributed by atoms with Crippen LogP contribution in [0.1, 0.15) is 39.5 Å². The van der Waals surface area contributed by atoms with Gasteiger partial charge in [-0.15, -0.1) is 0 Å². The molecule has 2 fully saturated rings. The van der Waals surface area contributed by atoms with Gasteiger partial charge in [0.25, 0.3) is 0 Å². The Morgan fingerprint density at radius 3 is 2.53 bits per heavy atom. The Balaban J connectivity index is 1.83. The first-order chi connectivity index (χ1) is 8.15. The fourth-order valence-corrected chi connectivity index (χ4v) is 3.38. The molecule has 1 N–H and O–H groups in total. The Morgan fingerprint density at radius 2 is 1.82 bits per heavy atom. The minimum absolute atomic E-state index is 0.619. The Labute approximate surface area is 107 Å². The van der Waals surface area contributed by atoms with Crippen molar-refractivity contribution in [1.82, 2.24) is 15.1 Å². The van der Waals surface area contributed by atoms with E-state index in [0.29, 0.717) is 6.04 Å². The third kappa shape index (κ3) is 3.94. The molecule has 0 spiro atoms. The van der Waals surface area contributed by atoms with Crippen molar-refractivity contribution in [2.75, 3.05) is 33.2 Å². The van der Waals surface area contributed by atoms with E-state index in [-0.39, 0.29) is 0 Å². The Kier molecular flexibility index (Phi) is 4.83. The van der Waals surface area contributed by atoms with Crippen molar-refractivity contribution < 1.29 is 0 Å². The van der Waals surface area contributed by atoms with Gasteiger partial charge >= 0.3 is 0 Å². The fourth-order valence-electron chi connectivity index (χ4n) is 3.38. The predicted molar refractivity (Wildman–Crippen MR) is 73.4 cm³/mol. The highest BCUT2D eigenvalue weighted by Gasteiger charge is 2.28. The van der Waals surface area contributed by atoms with Crippen molar-refractivity contribution in [1.29, 1.82) is 0 Å². The van der Waals surface area contributed by atoms with Gasteiger partial charge in [0.05, 0.1) is 0 Å². The van der Waals surface area contributed by atoms with E-state index >= 15 is 0 Å². The van der Waals surface area contributed by atoms with Gasteiger partial charge < -0.3 is 10.2 Å². The van der Waals surface area contributed by atoms with Crippen molar-refractivity contribution in [2.45, 2.75) is 57.7 Å². The largest absolute Gasteiger partial charge is 0.311 e. The number of hydrogen-bond donors (Lipinski definition) is 1. The molecule has 0 amide bonds. The third-order valence-corrected chi connectivity index (χ3v) is 4.14. The summed E-state index contributed by atoms with van der Waals surface area (Å²) in [5.74, 6) is 0. The van der Waals surface area contributed by atoms with E-state index < -0.39 is 0 Å². The molecular formula is C14H29N3. The average molecular weight is 239 g/mol. The first-order valence-corrected chi connectivity index (χ1v) is 7.34. The van der Waals surface area contributed by atoms with Crippen LogP contribution in [0.15, 0.2) is 0 Å². The smallest absolute Gasteiger partial charge is 0.0224 e. The lowest BCUT2D eigenvalue weighted by molar-refractivity contribution is 0.0796. The fraction of sp³-hybridized carbons (Fsp3) is 1.00. The summed E-state index contributed by atoms with van der Waals surface area (Å²) in [6.45, 7) is 9.65. The number of likely N-dealkylation sites (N-methyl/N-ethyl adjacent to an activating group) is 1. The highest BCUT2D eigenvalue weighted by atomic mass is 15.2. The van der Waals surface area contributed by atoms with Crippen LogP contribution in [0.5, 0.6) is 0 Å². The summed E-state index contributed by atoms with van der Waals surface area (Å²) in [5.41, 5.74) is 0. The molecule has 2 rings (SSSR count). The molecule has 2 atom stereocenters. The summed E-state index contributed by atoms with van der Waals surface area (Å²) < 4.78 is 0. The zero-order chi connectivity index (χ0) is 12.3. The van der Waals surface area contributed by atoms with Crippen LogP contribution in [0, 0.1) is 0 Å². The molecule has 3 nitrogen and oxygen atoms in total. The van der Waals surface area contributed by atoms with Crippen LogP contribution in [-0.2, 0) is 0 Å². The molecule has 100 valence electrons. The average Bonchev–Trinajstić information content (AvgIpc) is 2.28. The summed E-state index contributed by atoms with van der Waals surface area (Å²) in [4.78, 5) is 5.23. The van der Waals surface area contributed by atoms with Gasteiger partial charge in [0, 0.05) is 31.2 Å².